The number of hydrogen-bond acceptors (Lipinski definition) is 4. The second-order valence-electron chi connectivity index (χ2n) is 1.61. The van der Waals surface area contributed by atoms with Crippen LogP contribution < -0.4 is 4.72 Å². The van der Waals surface area contributed by atoms with Crippen LogP contribution in [0.15, 0.2) is 11.5 Å². The SMILES string of the molecule is CC=CS(=O)(=O)NC(=O)OC. The van der Waals surface area contributed by atoms with Gasteiger partial charge < -0.3 is 4.74 Å². The van der Waals surface area contributed by atoms with Crippen LogP contribution in [0, 0.1) is 0 Å². The summed E-state index contributed by atoms with van der Waals surface area (Å²) >= 11 is 0. The average molecular weight is 179 g/mol. The van der Waals surface area contributed by atoms with Gasteiger partial charge in [-0.1, -0.05) is 6.08 Å². The van der Waals surface area contributed by atoms with Crippen molar-refractivity contribution in [3.8, 4) is 0 Å². The molecule has 0 spiro atoms. The lowest BCUT2D eigenvalue weighted by atomic mass is 10.8. The van der Waals surface area contributed by atoms with Gasteiger partial charge in [0.05, 0.1) is 7.11 Å². The monoisotopic (exact) mass is 179 g/mol. The quantitative estimate of drug-likeness (QED) is 0.657. The number of sulfonamides is 1. The maximum atomic E-state index is 10.7. The van der Waals surface area contributed by atoms with Crippen LogP contribution in [0.3, 0.4) is 0 Å². The predicted octanol–water partition coefficient (Wildman–Crippen LogP) is 0.206. The molecule has 1 N–H and O–H groups in total. The average Bonchev–Trinajstić information content (AvgIpc) is 1.86. The number of nitrogens with one attached hydrogen (secondary N) is 1. The minimum atomic E-state index is -3.65. The third-order valence-electron chi connectivity index (χ3n) is 0.726. The third-order valence-corrected chi connectivity index (χ3v) is 1.81. The second kappa shape index (κ2) is 3.97. The molecule has 0 saturated heterocycles. The summed E-state index contributed by atoms with van der Waals surface area (Å²) in [6.07, 6.45) is 0.300. The Balaban J connectivity index is 4.26. The summed E-state index contributed by atoms with van der Waals surface area (Å²) in [6, 6.07) is 0. The lowest BCUT2D eigenvalue weighted by molar-refractivity contribution is 0.178. The third kappa shape index (κ3) is 4.38. The van der Waals surface area contributed by atoms with Crippen molar-refractivity contribution >= 4 is 16.1 Å². The maximum Gasteiger partial charge on any atom is 0.420 e. The van der Waals surface area contributed by atoms with E-state index in [0.717, 1.165) is 12.5 Å². The van der Waals surface area contributed by atoms with Crippen molar-refractivity contribution in [1.82, 2.24) is 4.72 Å². The molecule has 0 aromatic carbocycles. The molecule has 0 aromatic heterocycles. The van der Waals surface area contributed by atoms with Gasteiger partial charge in [-0.25, -0.2) is 17.9 Å². The van der Waals surface area contributed by atoms with Crippen molar-refractivity contribution in [2.24, 2.45) is 0 Å². The minimum absolute atomic E-state index is 0.865. The van der Waals surface area contributed by atoms with E-state index in [4.69, 9.17) is 0 Å². The minimum Gasteiger partial charge on any atom is -0.452 e. The molecule has 11 heavy (non-hydrogen) atoms. The zero-order valence-corrected chi connectivity index (χ0v) is 7.01. The molecule has 0 heterocycles. The molecule has 0 radical (unpaired) electrons. The highest BCUT2D eigenvalue weighted by Gasteiger charge is 2.08. The van der Waals surface area contributed by atoms with Crippen LogP contribution in [-0.4, -0.2) is 21.6 Å². The first-order chi connectivity index (χ1) is 5.02. The van der Waals surface area contributed by atoms with E-state index >= 15 is 0 Å². The fourth-order valence-electron chi connectivity index (χ4n) is 0.371. The first-order valence-corrected chi connectivity index (χ1v) is 4.30. The Morgan fingerprint density at radius 2 is 2.09 bits per heavy atom. The number of amides is 1. The van der Waals surface area contributed by atoms with E-state index in [1.54, 1.807) is 4.72 Å². The smallest absolute Gasteiger partial charge is 0.420 e. The molecule has 0 aromatic rings. The highest BCUT2D eigenvalue weighted by molar-refractivity contribution is 7.92. The maximum absolute atomic E-state index is 10.7. The Labute approximate surface area is 65.1 Å². The van der Waals surface area contributed by atoms with Crippen LogP contribution in [0.25, 0.3) is 0 Å². The van der Waals surface area contributed by atoms with Crippen LogP contribution >= 0.6 is 0 Å². The molecule has 0 bridgehead atoms. The second-order valence-corrected chi connectivity index (χ2v) is 3.17. The van der Waals surface area contributed by atoms with E-state index in [1.807, 2.05) is 0 Å². The van der Waals surface area contributed by atoms with Crippen LogP contribution in [-0.2, 0) is 14.8 Å². The summed E-state index contributed by atoms with van der Waals surface area (Å²) in [7, 11) is -2.56. The van der Waals surface area contributed by atoms with Crippen LogP contribution in [0.1, 0.15) is 6.92 Å². The van der Waals surface area contributed by atoms with Gasteiger partial charge in [-0.05, 0) is 6.92 Å². The first-order valence-electron chi connectivity index (χ1n) is 2.75. The summed E-state index contributed by atoms with van der Waals surface area (Å²) in [5, 5.41) is 0.865. The van der Waals surface area contributed by atoms with Gasteiger partial charge in [-0.2, -0.15) is 0 Å². The van der Waals surface area contributed by atoms with Gasteiger partial charge in [0, 0.05) is 5.41 Å². The largest absolute Gasteiger partial charge is 0.452 e. The van der Waals surface area contributed by atoms with Crippen molar-refractivity contribution in [3.05, 3.63) is 11.5 Å². The molecule has 0 atom stereocenters. The standard InChI is InChI=1S/C5H9NO4S/c1-3-4-11(8,9)6-5(7)10-2/h3-4H,1-2H3,(H,6,7). The van der Waals surface area contributed by atoms with Crippen LogP contribution in [0.4, 0.5) is 4.79 Å². The Morgan fingerprint density at radius 3 is 2.45 bits per heavy atom. The van der Waals surface area contributed by atoms with Gasteiger partial charge in [-0.3, -0.25) is 0 Å². The molecule has 6 heteroatoms. The fraction of sp³-hybridized carbons (Fsp3) is 0.400. The van der Waals surface area contributed by atoms with Crippen molar-refractivity contribution in [3.63, 3.8) is 0 Å². The number of methoxy groups -OCH3 is 1. The van der Waals surface area contributed by atoms with E-state index in [0.29, 0.717) is 0 Å². The summed E-state index contributed by atoms with van der Waals surface area (Å²) in [5.41, 5.74) is 0. The van der Waals surface area contributed by atoms with E-state index in [2.05, 4.69) is 4.74 Å². The zero-order chi connectivity index (χ0) is 8.91. The van der Waals surface area contributed by atoms with Crippen molar-refractivity contribution < 1.29 is 17.9 Å². The van der Waals surface area contributed by atoms with E-state index in [9.17, 15) is 13.2 Å². The van der Waals surface area contributed by atoms with Crippen molar-refractivity contribution in [2.75, 3.05) is 7.11 Å². The Morgan fingerprint density at radius 1 is 1.55 bits per heavy atom. The number of rotatable bonds is 2. The van der Waals surface area contributed by atoms with Gasteiger partial charge in [-0.15, -0.1) is 0 Å². The molecule has 0 aliphatic carbocycles. The topological polar surface area (TPSA) is 72.5 Å². The lowest BCUT2D eigenvalue weighted by Crippen LogP contribution is -2.28. The van der Waals surface area contributed by atoms with Gasteiger partial charge >= 0.3 is 6.09 Å². The first kappa shape index (κ1) is 9.96. The lowest BCUT2D eigenvalue weighted by Gasteiger charge is -1.99. The molecule has 0 aliphatic rings. The van der Waals surface area contributed by atoms with Gasteiger partial charge in [0.1, 0.15) is 0 Å². The normalized spacial score (nSPS) is 11.5. The fourth-order valence-corrected chi connectivity index (χ4v) is 1.11. The Kier molecular flexibility index (Phi) is 3.59. The summed E-state index contributed by atoms with van der Waals surface area (Å²) in [4.78, 5) is 10.4. The molecule has 0 aliphatic heterocycles. The predicted molar refractivity (Wildman–Crippen MR) is 39.3 cm³/mol. The number of carbonyl (C=O) groups is 1. The molecule has 1 amide bonds. The summed E-state index contributed by atoms with van der Waals surface area (Å²) in [6.45, 7) is 1.52. The molecule has 0 saturated carbocycles. The van der Waals surface area contributed by atoms with Crippen molar-refractivity contribution in [1.29, 1.82) is 0 Å². The van der Waals surface area contributed by atoms with E-state index in [-0.39, 0.29) is 0 Å². The summed E-state index contributed by atoms with van der Waals surface area (Å²) in [5.74, 6) is 0. The number of hydrogen-bond donors (Lipinski definition) is 1. The molecular weight excluding hydrogens is 170 g/mol. The Bertz CT molecular complexity index is 254. The van der Waals surface area contributed by atoms with Gasteiger partial charge in [0.2, 0.25) is 0 Å². The molecule has 64 valence electrons. The van der Waals surface area contributed by atoms with Crippen LogP contribution in [0.2, 0.25) is 0 Å². The van der Waals surface area contributed by atoms with Crippen LogP contribution in [0.5, 0.6) is 0 Å². The number of allylic oxidation sites excluding steroid dienone is 1. The van der Waals surface area contributed by atoms with Gasteiger partial charge in [0.15, 0.2) is 0 Å². The highest BCUT2D eigenvalue weighted by atomic mass is 32.2. The van der Waals surface area contributed by atoms with E-state index in [1.165, 1.54) is 13.0 Å². The number of carbonyl (C=O) groups excluding carboxylic acids is 1. The van der Waals surface area contributed by atoms with Crippen molar-refractivity contribution in [2.45, 2.75) is 6.92 Å². The van der Waals surface area contributed by atoms with E-state index < -0.39 is 16.1 Å². The molecule has 0 rings (SSSR count). The Hall–Kier alpha value is -1.04. The summed E-state index contributed by atoms with van der Waals surface area (Å²) < 4.78 is 27.1. The molecule has 0 unspecified atom stereocenters. The molecule has 0 fully saturated rings. The molecule has 5 nitrogen and oxygen atoms in total. The zero-order valence-electron chi connectivity index (χ0n) is 6.20. The molecular formula is C5H9NO4S. The number of ether oxygens (including phenoxy) is 1. The highest BCUT2D eigenvalue weighted by Crippen LogP contribution is 1.86. The van der Waals surface area contributed by atoms with Gasteiger partial charge in [0.25, 0.3) is 10.0 Å².